The molecular formula is C14H24N2O2. The summed E-state index contributed by atoms with van der Waals surface area (Å²) >= 11 is 0. The molecule has 1 aromatic carbocycles. The fraction of sp³-hybridized carbons (Fsp3) is 0.571. The van der Waals surface area contributed by atoms with Gasteiger partial charge in [-0.05, 0) is 30.7 Å². The first kappa shape index (κ1) is 15.0. The highest BCUT2D eigenvalue weighted by Crippen LogP contribution is 2.22. The minimum atomic E-state index is 0.201. The molecule has 0 saturated heterocycles. The molecule has 1 rings (SSSR count). The van der Waals surface area contributed by atoms with Gasteiger partial charge in [0.15, 0.2) is 0 Å². The van der Waals surface area contributed by atoms with E-state index < -0.39 is 0 Å². The summed E-state index contributed by atoms with van der Waals surface area (Å²) in [7, 11) is 1.66. The van der Waals surface area contributed by atoms with Crippen molar-refractivity contribution in [1.82, 2.24) is 4.90 Å². The topological polar surface area (TPSA) is 58.7 Å². The van der Waals surface area contributed by atoms with E-state index in [4.69, 9.17) is 15.6 Å². The second-order valence-corrected chi connectivity index (χ2v) is 4.23. The number of likely N-dealkylation sites (N-methyl/N-ethyl adjacent to an activating group) is 1. The summed E-state index contributed by atoms with van der Waals surface area (Å²) < 4.78 is 5.16. The number of aliphatic hydroxyl groups is 1. The Morgan fingerprint density at radius 3 is 2.44 bits per heavy atom. The highest BCUT2D eigenvalue weighted by Gasteiger charge is 2.17. The molecule has 102 valence electrons. The van der Waals surface area contributed by atoms with Crippen LogP contribution >= 0.6 is 0 Å². The van der Waals surface area contributed by atoms with Crippen molar-refractivity contribution in [3.8, 4) is 5.75 Å². The predicted octanol–water partition coefficient (Wildman–Crippen LogP) is 1.40. The number of hydrogen-bond donors (Lipinski definition) is 2. The lowest BCUT2D eigenvalue weighted by Crippen LogP contribution is -2.34. The highest BCUT2D eigenvalue weighted by atomic mass is 16.5. The smallest absolute Gasteiger partial charge is 0.118 e. The van der Waals surface area contributed by atoms with Crippen molar-refractivity contribution in [2.24, 2.45) is 5.73 Å². The summed E-state index contributed by atoms with van der Waals surface area (Å²) in [5.41, 5.74) is 7.08. The molecule has 0 aliphatic heterocycles. The van der Waals surface area contributed by atoms with Crippen molar-refractivity contribution in [2.75, 3.05) is 33.4 Å². The van der Waals surface area contributed by atoms with Gasteiger partial charge in [0.05, 0.1) is 7.11 Å². The summed E-state index contributed by atoms with van der Waals surface area (Å²) in [6.45, 7) is 4.69. The number of ether oxygens (including phenoxy) is 1. The van der Waals surface area contributed by atoms with Gasteiger partial charge in [-0.1, -0.05) is 19.1 Å². The molecule has 0 aliphatic rings. The summed E-state index contributed by atoms with van der Waals surface area (Å²) in [5, 5.41) is 8.93. The predicted molar refractivity (Wildman–Crippen MR) is 73.7 cm³/mol. The first-order valence-corrected chi connectivity index (χ1v) is 6.45. The zero-order chi connectivity index (χ0) is 13.4. The Kier molecular flexibility index (Phi) is 6.72. The first-order valence-electron chi connectivity index (χ1n) is 6.45. The molecule has 1 unspecified atom stereocenters. The maximum absolute atomic E-state index is 8.93. The van der Waals surface area contributed by atoms with E-state index in [1.807, 2.05) is 12.1 Å². The lowest BCUT2D eigenvalue weighted by atomic mass is 10.0. The third-order valence-electron chi connectivity index (χ3n) is 3.17. The molecule has 0 amide bonds. The molecule has 3 N–H and O–H groups in total. The van der Waals surface area contributed by atoms with Crippen LogP contribution in [0.4, 0.5) is 0 Å². The standard InChI is InChI=1S/C14H24N2O2/c1-3-16(9-4-10-17)14(11-15)12-5-7-13(18-2)8-6-12/h5-8,14,17H,3-4,9-11,15H2,1-2H3. The molecule has 1 aromatic rings. The Labute approximate surface area is 109 Å². The molecule has 18 heavy (non-hydrogen) atoms. The van der Waals surface area contributed by atoms with E-state index in [1.54, 1.807) is 7.11 Å². The molecule has 0 saturated carbocycles. The van der Waals surface area contributed by atoms with Crippen LogP contribution in [0.25, 0.3) is 0 Å². The van der Waals surface area contributed by atoms with Gasteiger partial charge in [0.25, 0.3) is 0 Å². The Balaban J connectivity index is 2.78. The van der Waals surface area contributed by atoms with Gasteiger partial charge in [0.2, 0.25) is 0 Å². The fourth-order valence-electron chi connectivity index (χ4n) is 2.13. The van der Waals surface area contributed by atoms with Crippen LogP contribution in [0, 0.1) is 0 Å². The highest BCUT2D eigenvalue weighted by molar-refractivity contribution is 5.29. The molecular weight excluding hydrogens is 228 g/mol. The average Bonchev–Trinajstić information content (AvgIpc) is 2.43. The van der Waals surface area contributed by atoms with Gasteiger partial charge in [-0.3, -0.25) is 4.90 Å². The minimum absolute atomic E-state index is 0.201. The van der Waals surface area contributed by atoms with Crippen LogP contribution in [0.5, 0.6) is 5.75 Å². The summed E-state index contributed by atoms with van der Waals surface area (Å²) in [4.78, 5) is 2.29. The number of nitrogens with two attached hydrogens (primary N) is 1. The van der Waals surface area contributed by atoms with E-state index >= 15 is 0 Å². The zero-order valence-electron chi connectivity index (χ0n) is 11.3. The third-order valence-corrected chi connectivity index (χ3v) is 3.17. The summed E-state index contributed by atoms with van der Waals surface area (Å²) in [6.07, 6.45) is 0.778. The molecule has 1 atom stereocenters. The number of rotatable bonds is 8. The number of benzene rings is 1. The van der Waals surface area contributed by atoms with Crippen molar-refractivity contribution in [2.45, 2.75) is 19.4 Å². The SMILES string of the molecule is CCN(CCCO)C(CN)c1ccc(OC)cc1. The van der Waals surface area contributed by atoms with E-state index in [0.29, 0.717) is 6.54 Å². The number of aliphatic hydroxyl groups excluding tert-OH is 1. The Morgan fingerprint density at radius 1 is 1.33 bits per heavy atom. The average molecular weight is 252 g/mol. The lowest BCUT2D eigenvalue weighted by molar-refractivity contribution is 0.185. The van der Waals surface area contributed by atoms with Gasteiger partial charge in [-0.2, -0.15) is 0 Å². The number of hydrogen-bond acceptors (Lipinski definition) is 4. The molecule has 4 nitrogen and oxygen atoms in total. The molecule has 4 heteroatoms. The van der Waals surface area contributed by atoms with Crippen molar-refractivity contribution in [3.05, 3.63) is 29.8 Å². The zero-order valence-corrected chi connectivity index (χ0v) is 11.3. The fourth-order valence-corrected chi connectivity index (χ4v) is 2.13. The van der Waals surface area contributed by atoms with Gasteiger partial charge in [0, 0.05) is 25.7 Å². The first-order chi connectivity index (χ1) is 8.76. The van der Waals surface area contributed by atoms with E-state index in [0.717, 1.165) is 25.3 Å². The van der Waals surface area contributed by atoms with Gasteiger partial charge < -0.3 is 15.6 Å². The van der Waals surface area contributed by atoms with Crippen LogP contribution in [0.1, 0.15) is 24.9 Å². The van der Waals surface area contributed by atoms with Crippen LogP contribution in [-0.2, 0) is 0 Å². The largest absolute Gasteiger partial charge is 0.497 e. The van der Waals surface area contributed by atoms with Crippen LogP contribution < -0.4 is 10.5 Å². The van der Waals surface area contributed by atoms with Crippen LogP contribution in [-0.4, -0.2) is 43.4 Å². The van der Waals surface area contributed by atoms with E-state index in [2.05, 4.69) is 24.0 Å². The molecule has 0 fully saturated rings. The normalized spacial score (nSPS) is 12.7. The summed E-state index contributed by atoms with van der Waals surface area (Å²) in [5.74, 6) is 0.855. The van der Waals surface area contributed by atoms with Crippen LogP contribution in [0.2, 0.25) is 0 Å². The van der Waals surface area contributed by atoms with Gasteiger partial charge in [-0.25, -0.2) is 0 Å². The second kappa shape index (κ2) is 8.08. The Hall–Kier alpha value is -1.10. The van der Waals surface area contributed by atoms with Crippen LogP contribution in [0.15, 0.2) is 24.3 Å². The third kappa shape index (κ3) is 3.98. The van der Waals surface area contributed by atoms with Gasteiger partial charge >= 0.3 is 0 Å². The maximum Gasteiger partial charge on any atom is 0.118 e. The number of methoxy groups -OCH3 is 1. The monoisotopic (exact) mass is 252 g/mol. The lowest BCUT2D eigenvalue weighted by Gasteiger charge is -2.30. The molecule has 0 spiro atoms. The van der Waals surface area contributed by atoms with Gasteiger partial charge in [0.1, 0.15) is 5.75 Å². The minimum Gasteiger partial charge on any atom is -0.497 e. The summed E-state index contributed by atoms with van der Waals surface area (Å²) in [6, 6.07) is 8.22. The Morgan fingerprint density at radius 2 is 2.00 bits per heavy atom. The number of nitrogens with zero attached hydrogens (tertiary/aromatic N) is 1. The molecule has 0 aliphatic carbocycles. The molecule has 0 heterocycles. The van der Waals surface area contributed by atoms with Crippen molar-refractivity contribution in [3.63, 3.8) is 0 Å². The van der Waals surface area contributed by atoms with Crippen LogP contribution in [0.3, 0.4) is 0 Å². The second-order valence-electron chi connectivity index (χ2n) is 4.23. The maximum atomic E-state index is 8.93. The molecule has 0 aromatic heterocycles. The van der Waals surface area contributed by atoms with Gasteiger partial charge in [-0.15, -0.1) is 0 Å². The van der Waals surface area contributed by atoms with E-state index in [1.165, 1.54) is 5.56 Å². The van der Waals surface area contributed by atoms with Crippen molar-refractivity contribution in [1.29, 1.82) is 0 Å². The van der Waals surface area contributed by atoms with Crippen molar-refractivity contribution < 1.29 is 9.84 Å². The molecule has 0 bridgehead atoms. The van der Waals surface area contributed by atoms with Crippen molar-refractivity contribution >= 4 is 0 Å². The van der Waals surface area contributed by atoms with E-state index in [9.17, 15) is 0 Å². The molecule has 0 radical (unpaired) electrons. The quantitative estimate of drug-likeness (QED) is 0.734. The van der Waals surface area contributed by atoms with E-state index in [-0.39, 0.29) is 12.6 Å². The Bertz CT molecular complexity index is 327.